The number of nitrogens with zero attached hydrogens (tertiary/aromatic N) is 5. The summed E-state index contributed by atoms with van der Waals surface area (Å²) in [6.07, 6.45) is 5.25. The number of aromatic nitrogens is 2. The zero-order valence-corrected chi connectivity index (χ0v) is 15.5. The fourth-order valence-electron chi connectivity index (χ4n) is 3.09. The number of thioether (sulfide) groups is 1. The van der Waals surface area contributed by atoms with Gasteiger partial charge in [-0.2, -0.15) is 5.10 Å². The Kier molecular flexibility index (Phi) is 4.79. The van der Waals surface area contributed by atoms with Crippen LogP contribution in [0.15, 0.2) is 58.8 Å². The summed E-state index contributed by atoms with van der Waals surface area (Å²) >= 11 is 1.62. The molecule has 0 saturated heterocycles. The molecule has 0 spiro atoms. The number of hydrogen-bond acceptors (Lipinski definition) is 5. The van der Waals surface area contributed by atoms with E-state index in [0.717, 1.165) is 41.6 Å². The predicted molar refractivity (Wildman–Crippen MR) is 104 cm³/mol. The maximum absolute atomic E-state index is 12.6. The fraction of sp³-hybridized carbons (Fsp3) is 0.316. The molecule has 3 heterocycles. The average Bonchev–Trinajstić information content (AvgIpc) is 3.30. The first kappa shape index (κ1) is 16.9. The van der Waals surface area contributed by atoms with Crippen LogP contribution in [0, 0.1) is 0 Å². The fourth-order valence-corrected chi connectivity index (χ4v) is 4.04. The van der Waals surface area contributed by atoms with E-state index >= 15 is 0 Å². The van der Waals surface area contributed by atoms with Gasteiger partial charge in [-0.15, -0.1) is 0 Å². The molecule has 134 valence electrons. The number of amides is 1. The molecule has 0 unspecified atom stereocenters. The quantitative estimate of drug-likeness (QED) is 0.815. The minimum atomic E-state index is 0.108. The number of aliphatic imine (C=N–C) groups is 1. The Morgan fingerprint density at radius 1 is 1.31 bits per heavy atom. The normalized spacial score (nSPS) is 16.1. The van der Waals surface area contributed by atoms with E-state index in [1.807, 2.05) is 54.5 Å². The molecular weight excluding hydrogens is 346 g/mol. The molecule has 0 atom stereocenters. The van der Waals surface area contributed by atoms with Gasteiger partial charge in [-0.3, -0.25) is 9.79 Å². The minimum Gasteiger partial charge on any atom is -0.341 e. The second-order valence-electron chi connectivity index (χ2n) is 6.45. The topological polar surface area (TPSA) is 53.7 Å². The van der Waals surface area contributed by atoms with Crippen LogP contribution < -0.4 is 0 Å². The predicted octanol–water partition coefficient (Wildman–Crippen LogP) is 2.87. The molecule has 4 rings (SSSR count). The molecule has 2 aromatic rings. The lowest BCUT2D eigenvalue weighted by atomic mass is 10.2. The van der Waals surface area contributed by atoms with Crippen molar-refractivity contribution in [1.82, 2.24) is 19.6 Å². The summed E-state index contributed by atoms with van der Waals surface area (Å²) in [5.74, 6) is 0.108. The number of carbonyl (C=O) groups is 1. The van der Waals surface area contributed by atoms with E-state index in [1.165, 1.54) is 0 Å². The third-order valence-electron chi connectivity index (χ3n) is 4.50. The van der Waals surface area contributed by atoms with Gasteiger partial charge >= 0.3 is 0 Å². The van der Waals surface area contributed by atoms with Gasteiger partial charge in [0.15, 0.2) is 5.17 Å². The van der Waals surface area contributed by atoms with Crippen LogP contribution in [0.1, 0.15) is 18.4 Å². The third kappa shape index (κ3) is 3.53. The van der Waals surface area contributed by atoms with Crippen LogP contribution in [0.2, 0.25) is 0 Å². The van der Waals surface area contributed by atoms with Crippen molar-refractivity contribution in [3.05, 3.63) is 59.4 Å². The third-order valence-corrected chi connectivity index (χ3v) is 5.45. The van der Waals surface area contributed by atoms with Crippen molar-refractivity contribution in [2.24, 2.45) is 4.99 Å². The molecule has 26 heavy (non-hydrogen) atoms. The van der Waals surface area contributed by atoms with E-state index in [9.17, 15) is 4.79 Å². The van der Waals surface area contributed by atoms with Crippen molar-refractivity contribution in [3.63, 3.8) is 0 Å². The highest BCUT2D eigenvalue weighted by atomic mass is 32.2. The van der Waals surface area contributed by atoms with Crippen molar-refractivity contribution < 1.29 is 4.79 Å². The Labute approximate surface area is 157 Å². The van der Waals surface area contributed by atoms with E-state index in [2.05, 4.69) is 20.4 Å². The number of carbonyl (C=O) groups excluding carboxylic acids is 1. The van der Waals surface area contributed by atoms with Crippen molar-refractivity contribution >= 4 is 22.8 Å². The molecule has 0 aliphatic carbocycles. The summed E-state index contributed by atoms with van der Waals surface area (Å²) in [4.78, 5) is 21.1. The number of para-hydroxylation sites is 1. The summed E-state index contributed by atoms with van der Waals surface area (Å²) in [5.41, 5.74) is 3.09. The van der Waals surface area contributed by atoms with Crippen LogP contribution in [0.3, 0.4) is 0 Å². The molecule has 6 nitrogen and oxygen atoms in total. The van der Waals surface area contributed by atoms with Crippen LogP contribution in [-0.4, -0.2) is 50.8 Å². The second kappa shape index (κ2) is 7.37. The van der Waals surface area contributed by atoms with Crippen molar-refractivity contribution in [2.45, 2.75) is 19.4 Å². The molecule has 2 aliphatic rings. The van der Waals surface area contributed by atoms with E-state index in [0.29, 0.717) is 13.0 Å². The minimum absolute atomic E-state index is 0.108. The molecule has 0 bridgehead atoms. The largest absolute Gasteiger partial charge is 0.341 e. The van der Waals surface area contributed by atoms with Gasteiger partial charge < -0.3 is 9.80 Å². The number of rotatable bonds is 5. The SMILES string of the molecule is CN(Cc1cnn(-c2ccccc2)c1)C(=O)CC1=CSC2=NCCCN12. The highest BCUT2D eigenvalue weighted by Crippen LogP contribution is 2.30. The standard InChI is InChI=1S/C19H21N5OS/c1-22(12-15-11-21-24(13-15)16-6-3-2-4-7-16)18(25)10-17-14-26-19-20-8-5-9-23(17)19/h2-4,6-7,11,13-14H,5,8-10,12H2,1H3. The van der Waals surface area contributed by atoms with E-state index in [1.54, 1.807) is 16.7 Å². The summed E-state index contributed by atoms with van der Waals surface area (Å²) in [7, 11) is 1.84. The summed E-state index contributed by atoms with van der Waals surface area (Å²) in [5, 5.41) is 7.49. The molecule has 0 saturated carbocycles. The smallest absolute Gasteiger partial charge is 0.228 e. The van der Waals surface area contributed by atoms with Crippen molar-refractivity contribution in [1.29, 1.82) is 0 Å². The van der Waals surface area contributed by atoms with Gasteiger partial charge in [0.25, 0.3) is 0 Å². The summed E-state index contributed by atoms with van der Waals surface area (Å²) < 4.78 is 1.83. The number of amidine groups is 1. The van der Waals surface area contributed by atoms with Gasteiger partial charge in [0.2, 0.25) is 5.91 Å². The zero-order chi connectivity index (χ0) is 17.9. The van der Waals surface area contributed by atoms with Crippen LogP contribution >= 0.6 is 11.8 Å². The second-order valence-corrected chi connectivity index (χ2v) is 7.29. The lowest BCUT2D eigenvalue weighted by Gasteiger charge is -2.26. The Bertz CT molecular complexity index is 858. The van der Waals surface area contributed by atoms with Crippen LogP contribution in [0.4, 0.5) is 0 Å². The Morgan fingerprint density at radius 2 is 2.15 bits per heavy atom. The zero-order valence-electron chi connectivity index (χ0n) is 14.7. The van der Waals surface area contributed by atoms with Gasteiger partial charge in [0.1, 0.15) is 0 Å². The van der Waals surface area contributed by atoms with Gasteiger partial charge in [-0.05, 0) is 24.0 Å². The molecule has 1 aromatic carbocycles. The molecular formula is C19H21N5OS. The highest BCUT2D eigenvalue weighted by Gasteiger charge is 2.27. The van der Waals surface area contributed by atoms with Crippen LogP contribution in [0.25, 0.3) is 5.69 Å². The van der Waals surface area contributed by atoms with Crippen LogP contribution in [-0.2, 0) is 11.3 Å². The van der Waals surface area contributed by atoms with Crippen molar-refractivity contribution in [2.75, 3.05) is 20.1 Å². The highest BCUT2D eigenvalue weighted by molar-refractivity contribution is 8.16. The Hall–Kier alpha value is -2.54. The maximum Gasteiger partial charge on any atom is 0.228 e. The Balaban J connectivity index is 1.37. The number of benzene rings is 1. The first-order valence-electron chi connectivity index (χ1n) is 8.71. The molecule has 0 radical (unpaired) electrons. The molecule has 1 amide bonds. The first-order valence-corrected chi connectivity index (χ1v) is 9.59. The van der Waals surface area contributed by atoms with Gasteiger partial charge in [0.05, 0.1) is 18.3 Å². The lowest BCUT2D eigenvalue weighted by Crippen LogP contribution is -2.33. The number of hydrogen-bond donors (Lipinski definition) is 0. The molecule has 2 aliphatic heterocycles. The first-order chi connectivity index (χ1) is 12.7. The maximum atomic E-state index is 12.6. The van der Waals surface area contributed by atoms with E-state index < -0.39 is 0 Å². The van der Waals surface area contributed by atoms with Crippen molar-refractivity contribution in [3.8, 4) is 5.69 Å². The van der Waals surface area contributed by atoms with Crippen LogP contribution in [0.5, 0.6) is 0 Å². The van der Waals surface area contributed by atoms with E-state index in [-0.39, 0.29) is 5.91 Å². The molecule has 0 N–H and O–H groups in total. The monoisotopic (exact) mass is 367 g/mol. The molecule has 1 aromatic heterocycles. The Morgan fingerprint density at radius 3 is 3.00 bits per heavy atom. The average molecular weight is 367 g/mol. The molecule has 0 fully saturated rings. The lowest BCUT2D eigenvalue weighted by molar-refractivity contribution is -0.129. The molecule has 7 heteroatoms. The summed E-state index contributed by atoms with van der Waals surface area (Å²) in [6, 6.07) is 9.96. The number of fused-ring (bicyclic) bond motifs is 1. The van der Waals surface area contributed by atoms with Gasteiger partial charge in [-0.25, -0.2) is 4.68 Å². The van der Waals surface area contributed by atoms with Gasteiger partial charge in [-0.1, -0.05) is 30.0 Å². The van der Waals surface area contributed by atoms with E-state index in [4.69, 9.17) is 0 Å². The van der Waals surface area contributed by atoms with Gasteiger partial charge in [0, 0.05) is 44.1 Å². The summed E-state index contributed by atoms with van der Waals surface area (Å²) in [6.45, 7) is 2.39.